The third-order valence-electron chi connectivity index (χ3n) is 3.10. The highest BCUT2D eigenvalue weighted by Gasteiger charge is 2.10. The highest BCUT2D eigenvalue weighted by Crippen LogP contribution is 2.31. The lowest BCUT2D eigenvalue weighted by Crippen LogP contribution is -2.05. The summed E-state index contributed by atoms with van der Waals surface area (Å²) in [5, 5.41) is 5.79. The molecule has 3 rings (SSSR count). The van der Waals surface area contributed by atoms with E-state index >= 15 is 0 Å². The highest BCUT2D eigenvalue weighted by molar-refractivity contribution is 7.13. The van der Waals surface area contributed by atoms with E-state index in [0.29, 0.717) is 36.4 Å². The summed E-state index contributed by atoms with van der Waals surface area (Å²) < 4.78 is 16.6. The minimum absolute atomic E-state index is 0.496. The molecule has 0 atom stereocenters. The molecule has 0 amide bonds. The number of hydrogen-bond donors (Lipinski definition) is 1. The van der Waals surface area contributed by atoms with Gasteiger partial charge >= 0.3 is 0 Å². The van der Waals surface area contributed by atoms with Crippen molar-refractivity contribution in [2.24, 2.45) is 0 Å². The number of nitrogens with zero attached hydrogens (tertiary/aromatic N) is 3. The van der Waals surface area contributed by atoms with Gasteiger partial charge in [0.25, 0.3) is 0 Å². The highest BCUT2D eigenvalue weighted by atomic mass is 32.1. The lowest BCUT2D eigenvalue weighted by atomic mass is 10.4. The fourth-order valence-electron chi connectivity index (χ4n) is 1.99. The summed E-state index contributed by atoms with van der Waals surface area (Å²) in [6.45, 7) is 1.14. The van der Waals surface area contributed by atoms with Gasteiger partial charge in [-0.25, -0.2) is 15.0 Å². The first-order valence-corrected chi connectivity index (χ1v) is 8.60. The topological polar surface area (TPSA) is 78.4 Å². The molecule has 25 heavy (non-hydrogen) atoms. The molecular formula is C17H18N4O3S. The van der Waals surface area contributed by atoms with Crippen LogP contribution in [0.25, 0.3) is 0 Å². The van der Waals surface area contributed by atoms with Crippen molar-refractivity contribution in [3.8, 4) is 17.4 Å². The number of rotatable bonds is 9. The summed E-state index contributed by atoms with van der Waals surface area (Å²) in [6.07, 6.45) is 5.79. The van der Waals surface area contributed by atoms with Gasteiger partial charge in [0, 0.05) is 50.0 Å². The van der Waals surface area contributed by atoms with Gasteiger partial charge in [-0.05, 0) is 6.07 Å². The molecule has 3 aromatic heterocycles. The Morgan fingerprint density at radius 2 is 2.08 bits per heavy atom. The van der Waals surface area contributed by atoms with Crippen LogP contribution < -0.4 is 14.8 Å². The van der Waals surface area contributed by atoms with Crippen molar-refractivity contribution in [2.75, 3.05) is 25.6 Å². The van der Waals surface area contributed by atoms with Crippen LogP contribution in [0.2, 0.25) is 0 Å². The van der Waals surface area contributed by atoms with E-state index in [9.17, 15) is 0 Å². The molecular weight excluding hydrogens is 340 g/mol. The average molecular weight is 358 g/mol. The Morgan fingerprint density at radius 3 is 2.84 bits per heavy atom. The Morgan fingerprint density at radius 1 is 1.12 bits per heavy atom. The molecule has 0 aliphatic heterocycles. The van der Waals surface area contributed by atoms with Crippen LogP contribution in [0, 0.1) is 0 Å². The van der Waals surface area contributed by atoms with E-state index < -0.39 is 0 Å². The third kappa shape index (κ3) is 5.13. The lowest BCUT2D eigenvalue weighted by Gasteiger charge is -2.13. The number of hydrogen-bond acceptors (Lipinski definition) is 8. The Labute approximate surface area is 149 Å². The van der Waals surface area contributed by atoms with Crippen LogP contribution in [0.1, 0.15) is 6.42 Å². The van der Waals surface area contributed by atoms with E-state index in [1.807, 2.05) is 17.5 Å². The molecule has 0 unspecified atom stereocenters. The predicted octanol–water partition coefficient (Wildman–Crippen LogP) is 3.88. The van der Waals surface area contributed by atoms with Crippen LogP contribution in [0.4, 0.5) is 10.9 Å². The van der Waals surface area contributed by atoms with Gasteiger partial charge in [0.15, 0.2) is 22.4 Å². The maximum atomic E-state index is 5.84. The molecule has 0 saturated heterocycles. The molecule has 7 nitrogen and oxygen atoms in total. The van der Waals surface area contributed by atoms with E-state index in [2.05, 4.69) is 20.3 Å². The van der Waals surface area contributed by atoms with Crippen LogP contribution in [-0.4, -0.2) is 35.3 Å². The second kappa shape index (κ2) is 8.95. The van der Waals surface area contributed by atoms with Crippen molar-refractivity contribution in [3.05, 3.63) is 48.2 Å². The van der Waals surface area contributed by atoms with Crippen molar-refractivity contribution >= 4 is 22.3 Å². The lowest BCUT2D eigenvalue weighted by molar-refractivity contribution is 0.172. The maximum absolute atomic E-state index is 5.84. The quantitative estimate of drug-likeness (QED) is 0.581. The Kier molecular flexibility index (Phi) is 6.13. The SMILES string of the molecule is COCCCOc1cc(Oc2ccccn2)cnc1Nc1nccs1. The van der Waals surface area contributed by atoms with Gasteiger partial charge in [0.2, 0.25) is 5.88 Å². The molecule has 0 aromatic carbocycles. The monoisotopic (exact) mass is 358 g/mol. The van der Waals surface area contributed by atoms with Gasteiger partial charge in [-0.1, -0.05) is 6.07 Å². The van der Waals surface area contributed by atoms with Crippen molar-refractivity contribution < 1.29 is 14.2 Å². The van der Waals surface area contributed by atoms with E-state index in [1.165, 1.54) is 11.3 Å². The molecule has 0 aliphatic rings. The van der Waals surface area contributed by atoms with E-state index in [0.717, 1.165) is 11.6 Å². The molecule has 3 heterocycles. The van der Waals surface area contributed by atoms with E-state index in [1.54, 1.807) is 37.8 Å². The number of pyridine rings is 2. The number of anilines is 2. The fraction of sp³-hybridized carbons (Fsp3) is 0.235. The fourth-order valence-corrected chi connectivity index (χ4v) is 2.51. The average Bonchev–Trinajstić information content (AvgIpc) is 3.15. The van der Waals surface area contributed by atoms with E-state index in [-0.39, 0.29) is 0 Å². The summed E-state index contributed by atoms with van der Waals surface area (Å²) in [7, 11) is 1.67. The van der Waals surface area contributed by atoms with Crippen LogP contribution >= 0.6 is 11.3 Å². The minimum atomic E-state index is 0.496. The summed E-state index contributed by atoms with van der Waals surface area (Å²) in [5.74, 6) is 2.21. The Balaban J connectivity index is 1.76. The molecule has 3 aromatic rings. The zero-order valence-corrected chi connectivity index (χ0v) is 14.5. The van der Waals surface area contributed by atoms with Crippen LogP contribution in [0.5, 0.6) is 17.4 Å². The largest absolute Gasteiger partial charge is 0.489 e. The third-order valence-corrected chi connectivity index (χ3v) is 3.78. The van der Waals surface area contributed by atoms with Gasteiger partial charge in [-0.3, -0.25) is 0 Å². The maximum Gasteiger partial charge on any atom is 0.219 e. The Hall–Kier alpha value is -2.71. The number of aromatic nitrogens is 3. The summed E-state index contributed by atoms with van der Waals surface area (Å²) in [5.41, 5.74) is 0. The summed E-state index contributed by atoms with van der Waals surface area (Å²) >= 11 is 1.49. The van der Waals surface area contributed by atoms with Crippen molar-refractivity contribution in [3.63, 3.8) is 0 Å². The van der Waals surface area contributed by atoms with E-state index in [4.69, 9.17) is 14.2 Å². The number of ether oxygens (including phenoxy) is 3. The van der Waals surface area contributed by atoms with Crippen molar-refractivity contribution in [2.45, 2.75) is 6.42 Å². The molecule has 0 aliphatic carbocycles. The number of nitrogens with one attached hydrogen (secondary N) is 1. The first kappa shape index (κ1) is 17.1. The van der Waals surface area contributed by atoms with Crippen molar-refractivity contribution in [1.82, 2.24) is 15.0 Å². The van der Waals surface area contributed by atoms with Crippen LogP contribution in [0.3, 0.4) is 0 Å². The molecule has 0 radical (unpaired) electrons. The summed E-state index contributed by atoms with van der Waals surface area (Å²) in [6, 6.07) is 7.25. The van der Waals surface area contributed by atoms with Gasteiger partial charge in [0.05, 0.1) is 12.8 Å². The number of thiazole rings is 1. The number of methoxy groups -OCH3 is 1. The molecule has 0 saturated carbocycles. The molecule has 130 valence electrons. The van der Waals surface area contributed by atoms with Crippen molar-refractivity contribution in [1.29, 1.82) is 0 Å². The second-order valence-electron chi connectivity index (χ2n) is 4.94. The smallest absolute Gasteiger partial charge is 0.219 e. The standard InChI is InChI=1S/C17H18N4O3S/c1-22-8-4-9-23-14-11-13(24-15-5-2-3-6-18-15)12-20-16(14)21-17-19-7-10-25-17/h2-3,5-7,10-12H,4,8-9H2,1H3,(H,19,20,21). The van der Waals surface area contributed by atoms with Gasteiger partial charge in [0.1, 0.15) is 0 Å². The predicted molar refractivity (Wildman–Crippen MR) is 95.9 cm³/mol. The first-order chi connectivity index (χ1) is 12.3. The normalized spacial score (nSPS) is 10.4. The van der Waals surface area contributed by atoms with Gasteiger partial charge in [-0.15, -0.1) is 11.3 Å². The van der Waals surface area contributed by atoms with Crippen LogP contribution in [0.15, 0.2) is 48.2 Å². The second-order valence-corrected chi connectivity index (χ2v) is 5.84. The first-order valence-electron chi connectivity index (χ1n) is 7.72. The molecule has 1 N–H and O–H groups in total. The molecule has 0 fully saturated rings. The zero-order chi connectivity index (χ0) is 17.3. The molecule has 0 bridgehead atoms. The van der Waals surface area contributed by atoms with Gasteiger partial charge in [-0.2, -0.15) is 0 Å². The molecule has 8 heteroatoms. The zero-order valence-electron chi connectivity index (χ0n) is 13.7. The van der Waals surface area contributed by atoms with Gasteiger partial charge < -0.3 is 19.5 Å². The van der Waals surface area contributed by atoms with Crippen LogP contribution in [-0.2, 0) is 4.74 Å². The minimum Gasteiger partial charge on any atom is -0.489 e. The Bertz CT molecular complexity index is 769. The summed E-state index contributed by atoms with van der Waals surface area (Å²) in [4.78, 5) is 12.7. The molecule has 0 spiro atoms.